The number of benzene rings is 1. The Morgan fingerprint density at radius 3 is 1.77 bits per heavy atom. The second kappa shape index (κ2) is 14.4. The van der Waals surface area contributed by atoms with Gasteiger partial charge in [-0.25, -0.2) is 20.0 Å². The van der Waals surface area contributed by atoms with E-state index in [2.05, 4.69) is 13.0 Å². The molecule has 1 aromatic rings. The highest BCUT2D eigenvalue weighted by Gasteiger charge is 2.22. The Bertz CT molecular complexity index is 1650. The molecule has 8 bridgehead atoms. The summed E-state index contributed by atoms with van der Waals surface area (Å²) >= 11 is 0. The molecule has 0 spiro atoms. The summed E-state index contributed by atoms with van der Waals surface area (Å²) in [6, 6.07) is 7.86. The SMILES string of the molecule is CCCCCCCCCCCC(O)Oc1ccccc1C1=CC2=NC1=CC1=NC(=CC3=NC(=CC4=NC(=C2)C=C4)C=C3)C=C1. The minimum absolute atomic E-state index is 0.611. The molecular formula is C38H40N4O2. The van der Waals surface area contributed by atoms with Gasteiger partial charge in [-0.1, -0.05) is 76.5 Å². The molecule has 0 fully saturated rings. The molecule has 0 radical (unpaired) electrons. The van der Waals surface area contributed by atoms with E-state index in [1.54, 1.807) is 0 Å². The lowest BCUT2D eigenvalue weighted by molar-refractivity contribution is -0.0248. The van der Waals surface area contributed by atoms with Gasteiger partial charge in [-0.3, -0.25) is 0 Å². The van der Waals surface area contributed by atoms with Crippen LogP contribution in [0.4, 0.5) is 0 Å². The van der Waals surface area contributed by atoms with Gasteiger partial charge in [0.25, 0.3) is 0 Å². The molecule has 5 aliphatic rings. The molecule has 0 aromatic heterocycles. The maximum Gasteiger partial charge on any atom is 0.197 e. The first-order valence-electron chi connectivity index (χ1n) is 16.0. The van der Waals surface area contributed by atoms with Crippen molar-refractivity contribution in [3.8, 4) is 5.75 Å². The van der Waals surface area contributed by atoms with E-state index < -0.39 is 6.29 Å². The van der Waals surface area contributed by atoms with Crippen molar-refractivity contribution in [3.63, 3.8) is 0 Å². The number of nitrogens with zero attached hydrogens (tertiary/aromatic N) is 4. The zero-order chi connectivity index (χ0) is 30.1. The Morgan fingerprint density at radius 1 is 0.591 bits per heavy atom. The summed E-state index contributed by atoms with van der Waals surface area (Å²) in [6.07, 6.45) is 32.8. The van der Waals surface area contributed by atoms with Crippen molar-refractivity contribution in [1.82, 2.24) is 0 Å². The summed E-state index contributed by atoms with van der Waals surface area (Å²) in [6.45, 7) is 2.25. The highest BCUT2D eigenvalue weighted by Crippen LogP contribution is 2.36. The number of aliphatic hydroxyl groups is 1. The van der Waals surface area contributed by atoms with E-state index >= 15 is 0 Å². The maximum atomic E-state index is 10.8. The van der Waals surface area contributed by atoms with Crippen LogP contribution >= 0.6 is 0 Å². The van der Waals surface area contributed by atoms with Crippen LogP contribution in [0.3, 0.4) is 0 Å². The minimum Gasteiger partial charge on any atom is -0.465 e. The highest BCUT2D eigenvalue weighted by atomic mass is 16.6. The van der Waals surface area contributed by atoms with Gasteiger partial charge in [0.05, 0.1) is 45.6 Å². The number of hydrogen-bond acceptors (Lipinski definition) is 6. The third kappa shape index (κ3) is 7.74. The molecule has 6 nitrogen and oxygen atoms in total. The minimum atomic E-state index is -0.861. The summed E-state index contributed by atoms with van der Waals surface area (Å²) in [5.41, 5.74) is 8.41. The molecule has 0 aliphatic carbocycles. The van der Waals surface area contributed by atoms with E-state index in [-0.39, 0.29) is 0 Å². The zero-order valence-electron chi connectivity index (χ0n) is 25.5. The largest absolute Gasteiger partial charge is 0.465 e. The van der Waals surface area contributed by atoms with Crippen LogP contribution in [0.5, 0.6) is 5.75 Å². The molecule has 1 N–H and O–H groups in total. The third-order valence-electron chi connectivity index (χ3n) is 8.03. The Morgan fingerprint density at radius 2 is 1.14 bits per heavy atom. The monoisotopic (exact) mass is 584 g/mol. The lowest BCUT2D eigenvalue weighted by Crippen LogP contribution is -2.16. The summed E-state index contributed by atoms with van der Waals surface area (Å²) in [7, 11) is 0. The quantitative estimate of drug-likeness (QED) is 0.186. The average molecular weight is 585 g/mol. The van der Waals surface area contributed by atoms with E-state index in [0.29, 0.717) is 12.2 Å². The summed E-state index contributed by atoms with van der Waals surface area (Å²) in [5, 5.41) is 10.8. The van der Waals surface area contributed by atoms with E-state index in [4.69, 9.17) is 24.7 Å². The first kappa shape index (κ1) is 29.6. The molecule has 1 atom stereocenters. The highest BCUT2D eigenvalue weighted by molar-refractivity contribution is 6.19. The molecule has 44 heavy (non-hydrogen) atoms. The van der Waals surface area contributed by atoms with Crippen molar-refractivity contribution in [2.75, 3.05) is 0 Å². The van der Waals surface area contributed by atoms with Crippen LogP contribution in [0, 0.1) is 0 Å². The molecule has 1 aromatic carbocycles. The second-order valence-electron chi connectivity index (χ2n) is 11.6. The van der Waals surface area contributed by atoms with Crippen LogP contribution in [-0.4, -0.2) is 34.2 Å². The fourth-order valence-electron chi connectivity index (χ4n) is 5.74. The molecular weight excluding hydrogens is 544 g/mol. The number of para-hydroxylation sites is 1. The van der Waals surface area contributed by atoms with Crippen molar-refractivity contribution in [2.24, 2.45) is 20.0 Å². The molecule has 5 aliphatic heterocycles. The first-order chi connectivity index (χ1) is 21.6. The van der Waals surface area contributed by atoms with Gasteiger partial charge < -0.3 is 9.84 Å². The number of aliphatic hydroxyl groups excluding tert-OH is 1. The zero-order valence-corrected chi connectivity index (χ0v) is 25.5. The van der Waals surface area contributed by atoms with Crippen molar-refractivity contribution < 1.29 is 9.84 Å². The molecule has 0 amide bonds. The van der Waals surface area contributed by atoms with Gasteiger partial charge in [0.1, 0.15) is 5.75 Å². The van der Waals surface area contributed by atoms with Gasteiger partial charge in [0, 0.05) is 17.6 Å². The Kier molecular flexibility index (Phi) is 9.68. The number of ether oxygens (including phenoxy) is 1. The number of rotatable bonds is 13. The van der Waals surface area contributed by atoms with Crippen LogP contribution < -0.4 is 4.74 Å². The fraction of sp³-hybridized carbons (Fsp3) is 0.316. The molecule has 1 unspecified atom stereocenters. The predicted octanol–water partition coefficient (Wildman–Crippen LogP) is 8.72. The summed E-state index contributed by atoms with van der Waals surface area (Å²) in [5.74, 6) is 0.640. The summed E-state index contributed by atoms with van der Waals surface area (Å²) < 4.78 is 6.14. The smallest absolute Gasteiger partial charge is 0.197 e. The van der Waals surface area contributed by atoms with Gasteiger partial charge in [-0.15, -0.1) is 0 Å². The van der Waals surface area contributed by atoms with Crippen LogP contribution in [0.1, 0.15) is 76.7 Å². The number of unbranched alkanes of at least 4 members (excludes halogenated alkanes) is 8. The van der Waals surface area contributed by atoms with E-state index in [9.17, 15) is 5.11 Å². The topological polar surface area (TPSA) is 78.9 Å². The average Bonchev–Trinajstić information content (AvgIpc) is 3.83. The lowest BCUT2D eigenvalue weighted by atomic mass is 10.0. The second-order valence-corrected chi connectivity index (χ2v) is 11.6. The van der Waals surface area contributed by atoms with E-state index in [1.165, 1.54) is 44.9 Å². The first-order valence-corrected chi connectivity index (χ1v) is 16.0. The van der Waals surface area contributed by atoms with Crippen LogP contribution in [0.25, 0.3) is 5.57 Å². The van der Waals surface area contributed by atoms with Crippen LogP contribution in [0.15, 0.2) is 134 Å². The molecule has 6 rings (SSSR count). The molecule has 6 heteroatoms. The van der Waals surface area contributed by atoms with Crippen LogP contribution in [-0.2, 0) is 0 Å². The predicted molar refractivity (Wildman–Crippen MR) is 182 cm³/mol. The maximum absolute atomic E-state index is 10.8. The lowest BCUT2D eigenvalue weighted by Gasteiger charge is -2.17. The van der Waals surface area contributed by atoms with Gasteiger partial charge >= 0.3 is 0 Å². The van der Waals surface area contributed by atoms with E-state index in [1.807, 2.05) is 85.0 Å². The summed E-state index contributed by atoms with van der Waals surface area (Å²) in [4.78, 5) is 19.2. The van der Waals surface area contributed by atoms with Gasteiger partial charge in [0.2, 0.25) is 0 Å². The molecule has 0 saturated heterocycles. The van der Waals surface area contributed by atoms with Gasteiger partial charge in [0.15, 0.2) is 6.29 Å². The molecule has 224 valence electrons. The van der Waals surface area contributed by atoms with Gasteiger partial charge in [-0.2, -0.15) is 0 Å². The standard InChI is InChI=1S/C38H40N4O2/c1-2-3-4-5-6-7-8-9-10-15-38(43)44-37-14-12-11-13-34(37)35-25-33-24-31-19-18-29(40-31)22-27-16-17-28(39-27)23-30-20-21-32(41-30)26-36(35)42-33/h11-14,16-26,38,43H,2-10,15H2,1H3. The molecule has 5 heterocycles. The third-order valence-corrected chi connectivity index (χ3v) is 8.03. The van der Waals surface area contributed by atoms with Gasteiger partial charge in [-0.05, 0) is 79.3 Å². The Hall–Kier alpha value is -4.42. The van der Waals surface area contributed by atoms with Crippen molar-refractivity contribution in [1.29, 1.82) is 0 Å². The Labute approximate surface area is 260 Å². The van der Waals surface area contributed by atoms with Crippen LogP contribution in [0.2, 0.25) is 0 Å². The van der Waals surface area contributed by atoms with E-state index in [0.717, 1.165) is 69.6 Å². The van der Waals surface area contributed by atoms with Crippen molar-refractivity contribution >= 4 is 28.4 Å². The molecule has 0 saturated carbocycles. The number of aliphatic imine (C=N–C) groups is 4. The normalized spacial score (nSPS) is 18.6. The number of hydrogen-bond donors (Lipinski definition) is 1. The number of allylic oxidation sites excluding steroid dienone is 12. The fourth-order valence-corrected chi connectivity index (χ4v) is 5.74. The number of fused-ring (bicyclic) bond motifs is 4. The van der Waals surface area contributed by atoms with Crippen molar-refractivity contribution in [2.45, 2.75) is 77.4 Å². The Balaban J connectivity index is 1.19. The van der Waals surface area contributed by atoms with Crippen molar-refractivity contribution in [3.05, 3.63) is 119 Å².